The van der Waals surface area contributed by atoms with Crippen LogP contribution >= 0.6 is 0 Å². The topological polar surface area (TPSA) is 91.9 Å². The summed E-state index contributed by atoms with van der Waals surface area (Å²) in [7, 11) is -3.87. The molecule has 0 saturated carbocycles. The maximum atomic E-state index is 11.9. The fourth-order valence-electron chi connectivity index (χ4n) is 1.70. The van der Waals surface area contributed by atoms with Gasteiger partial charge in [0.2, 0.25) is 0 Å². The molecule has 2 N–H and O–H groups in total. The highest BCUT2D eigenvalue weighted by atomic mass is 32.2. The Morgan fingerprint density at radius 3 is 2.55 bits per heavy atom. The van der Waals surface area contributed by atoms with E-state index >= 15 is 0 Å². The van der Waals surface area contributed by atoms with Crippen molar-refractivity contribution in [1.29, 1.82) is 0 Å². The first-order chi connectivity index (χ1) is 10.4. The normalized spacial score (nSPS) is 12.0. The predicted octanol–water partition coefficient (Wildman–Crippen LogP) is 2.26. The van der Waals surface area contributed by atoms with Gasteiger partial charge >= 0.3 is 0 Å². The average Bonchev–Trinajstić information content (AvgIpc) is 2.96. The highest BCUT2D eigenvalue weighted by molar-refractivity contribution is 7.93. The fourth-order valence-corrected chi connectivity index (χ4v) is 2.46. The number of carbonyl (C=O) groups is 1. The van der Waals surface area contributed by atoms with E-state index in [1.807, 2.05) is 24.6 Å². The highest BCUT2D eigenvalue weighted by Crippen LogP contribution is 2.12. The third kappa shape index (κ3) is 4.29. The van der Waals surface area contributed by atoms with Gasteiger partial charge < -0.3 is 0 Å². The number of aromatic nitrogens is 2. The van der Waals surface area contributed by atoms with Crippen LogP contribution in [0.5, 0.6) is 0 Å². The Morgan fingerprint density at radius 1 is 1.27 bits per heavy atom. The van der Waals surface area contributed by atoms with E-state index in [1.165, 1.54) is 12.1 Å². The number of rotatable bonds is 5. The number of nitrogens with one attached hydrogen (secondary N) is 2. The Morgan fingerprint density at radius 2 is 1.95 bits per heavy atom. The molecule has 2 rings (SSSR count). The standard InChI is InChI=1S/C15H17N3O3S/c1-11(2)13-10-14(17-16-13)15(19)18-22(20,21)9-8-12-6-4-3-5-7-12/h3-11H,1-2H3,(H,16,17)(H,18,19)/b9-8+. The molecule has 1 heterocycles. The lowest BCUT2D eigenvalue weighted by Gasteiger charge is -2.00. The minimum atomic E-state index is -3.87. The summed E-state index contributed by atoms with van der Waals surface area (Å²) in [5.41, 5.74) is 1.53. The fraction of sp³-hybridized carbons (Fsp3) is 0.200. The van der Waals surface area contributed by atoms with E-state index in [4.69, 9.17) is 0 Å². The second kappa shape index (κ2) is 6.57. The summed E-state index contributed by atoms with van der Waals surface area (Å²) in [6, 6.07) is 10.5. The monoisotopic (exact) mass is 319 g/mol. The van der Waals surface area contributed by atoms with Gasteiger partial charge in [-0.3, -0.25) is 9.89 Å². The summed E-state index contributed by atoms with van der Waals surface area (Å²) in [5.74, 6) is -0.593. The van der Waals surface area contributed by atoms with Crippen LogP contribution in [0.15, 0.2) is 41.8 Å². The van der Waals surface area contributed by atoms with Gasteiger partial charge in [0.05, 0.1) is 5.41 Å². The zero-order valence-corrected chi connectivity index (χ0v) is 13.1. The zero-order valence-electron chi connectivity index (χ0n) is 12.3. The number of carbonyl (C=O) groups excluding carboxylic acids is 1. The van der Waals surface area contributed by atoms with E-state index in [9.17, 15) is 13.2 Å². The van der Waals surface area contributed by atoms with E-state index < -0.39 is 15.9 Å². The van der Waals surface area contributed by atoms with E-state index in [0.29, 0.717) is 0 Å². The van der Waals surface area contributed by atoms with Crippen molar-refractivity contribution in [1.82, 2.24) is 14.9 Å². The molecule has 0 unspecified atom stereocenters. The van der Waals surface area contributed by atoms with Crippen LogP contribution in [0.3, 0.4) is 0 Å². The van der Waals surface area contributed by atoms with Crippen molar-refractivity contribution >= 4 is 22.0 Å². The second-order valence-corrected chi connectivity index (χ2v) is 6.62. The van der Waals surface area contributed by atoms with Gasteiger partial charge in [0.1, 0.15) is 0 Å². The SMILES string of the molecule is CC(C)c1cc(C(=O)NS(=O)(=O)/C=C/c2ccccc2)n[nH]1. The van der Waals surface area contributed by atoms with Crippen molar-refractivity contribution in [3.05, 3.63) is 58.8 Å². The number of hydrogen-bond acceptors (Lipinski definition) is 4. The van der Waals surface area contributed by atoms with Crippen molar-refractivity contribution in [3.63, 3.8) is 0 Å². The van der Waals surface area contributed by atoms with E-state index in [1.54, 1.807) is 24.3 Å². The molecule has 0 radical (unpaired) electrons. The Balaban J connectivity index is 2.07. The molecular formula is C15H17N3O3S. The van der Waals surface area contributed by atoms with E-state index in [-0.39, 0.29) is 11.6 Å². The van der Waals surface area contributed by atoms with E-state index in [2.05, 4.69) is 10.2 Å². The molecule has 0 spiro atoms. The van der Waals surface area contributed by atoms with Crippen LogP contribution in [0.25, 0.3) is 6.08 Å². The van der Waals surface area contributed by atoms with Gasteiger partial charge in [-0.2, -0.15) is 5.10 Å². The molecule has 1 aromatic heterocycles. The maximum absolute atomic E-state index is 11.9. The molecule has 0 aliphatic heterocycles. The Labute approximate surface area is 129 Å². The molecule has 0 atom stereocenters. The molecule has 0 fully saturated rings. The molecule has 0 aliphatic rings. The van der Waals surface area contributed by atoms with Gasteiger partial charge in [-0.1, -0.05) is 44.2 Å². The number of benzene rings is 1. The van der Waals surface area contributed by atoms with Crippen LogP contribution in [0.2, 0.25) is 0 Å². The zero-order chi connectivity index (χ0) is 16.2. The van der Waals surface area contributed by atoms with Gasteiger partial charge in [0, 0.05) is 5.69 Å². The molecule has 1 amide bonds. The molecule has 22 heavy (non-hydrogen) atoms. The number of aromatic amines is 1. The summed E-state index contributed by atoms with van der Waals surface area (Å²) < 4.78 is 25.7. The summed E-state index contributed by atoms with van der Waals surface area (Å²) in [6.07, 6.45) is 1.42. The Bertz CT molecular complexity index is 777. The minimum Gasteiger partial charge on any atom is -0.282 e. The lowest BCUT2D eigenvalue weighted by atomic mass is 10.1. The molecule has 6 nitrogen and oxygen atoms in total. The Hall–Kier alpha value is -2.41. The number of H-pyrrole nitrogens is 1. The summed E-state index contributed by atoms with van der Waals surface area (Å²) in [6.45, 7) is 3.88. The molecular weight excluding hydrogens is 302 g/mol. The largest absolute Gasteiger partial charge is 0.285 e. The highest BCUT2D eigenvalue weighted by Gasteiger charge is 2.16. The van der Waals surface area contributed by atoms with Crippen LogP contribution in [0.4, 0.5) is 0 Å². The van der Waals surface area contributed by atoms with Crippen LogP contribution in [0.1, 0.15) is 41.5 Å². The van der Waals surface area contributed by atoms with Crippen LogP contribution in [-0.2, 0) is 10.0 Å². The molecule has 0 saturated heterocycles. The summed E-state index contributed by atoms with van der Waals surface area (Å²) in [5, 5.41) is 7.47. The van der Waals surface area contributed by atoms with Gasteiger partial charge in [0.15, 0.2) is 5.69 Å². The third-order valence-electron chi connectivity index (χ3n) is 2.93. The first kappa shape index (κ1) is 16.0. The van der Waals surface area contributed by atoms with Crippen molar-refractivity contribution in [2.75, 3.05) is 0 Å². The van der Waals surface area contributed by atoms with Gasteiger partial charge in [-0.15, -0.1) is 0 Å². The number of nitrogens with zero attached hydrogens (tertiary/aromatic N) is 1. The van der Waals surface area contributed by atoms with E-state index in [0.717, 1.165) is 16.7 Å². The Kier molecular flexibility index (Phi) is 4.77. The van der Waals surface area contributed by atoms with Crippen LogP contribution < -0.4 is 4.72 Å². The maximum Gasteiger partial charge on any atom is 0.285 e. The molecule has 1 aromatic carbocycles. The molecule has 7 heteroatoms. The summed E-state index contributed by atoms with van der Waals surface area (Å²) >= 11 is 0. The first-order valence-electron chi connectivity index (χ1n) is 6.73. The van der Waals surface area contributed by atoms with Gasteiger partial charge in [0.25, 0.3) is 15.9 Å². The molecule has 116 valence electrons. The van der Waals surface area contributed by atoms with Gasteiger partial charge in [-0.25, -0.2) is 13.1 Å². The van der Waals surface area contributed by atoms with Crippen molar-refractivity contribution in [2.45, 2.75) is 19.8 Å². The predicted molar refractivity (Wildman–Crippen MR) is 84.5 cm³/mol. The molecule has 0 aliphatic carbocycles. The number of hydrogen-bond donors (Lipinski definition) is 2. The van der Waals surface area contributed by atoms with Crippen molar-refractivity contribution in [3.8, 4) is 0 Å². The second-order valence-electron chi connectivity index (χ2n) is 5.05. The quantitative estimate of drug-likeness (QED) is 0.884. The first-order valence-corrected chi connectivity index (χ1v) is 8.27. The third-order valence-corrected chi connectivity index (χ3v) is 3.89. The number of amides is 1. The molecule has 0 bridgehead atoms. The summed E-state index contributed by atoms with van der Waals surface area (Å²) in [4.78, 5) is 11.9. The smallest absolute Gasteiger partial charge is 0.282 e. The lowest BCUT2D eigenvalue weighted by molar-refractivity contribution is 0.0977. The van der Waals surface area contributed by atoms with Crippen molar-refractivity contribution < 1.29 is 13.2 Å². The van der Waals surface area contributed by atoms with Crippen molar-refractivity contribution in [2.24, 2.45) is 0 Å². The van der Waals surface area contributed by atoms with Crippen LogP contribution in [-0.4, -0.2) is 24.5 Å². The number of sulfonamides is 1. The van der Waals surface area contributed by atoms with Crippen LogP contribution in [0, 0.1) is 0 Å². The minimum absolute atomic E-state index is 0.0420. The lowest BCUT2D eigenvalue weighted by Crippen LogP contribution is -2.29. The average molecular weight is 319 g/mol. The van der Waals surface area contributed by atoms with Gasteiger partial charge in [-0.05, 0) is 23.6 Å². The molecule has 2 aromatic rings.